The van der Waals surface area contributed by atoms with Crippen molar-refractivity contribution in [1.29, 1.82) is 0 Å². The summed E-state index contributed by atoms with van der Waals surface area (Å²) in [7, 11) is 1.30. The van der Waals surface area contributed by atoms with Gasteiger partial charge in [-0.15, -0.1) is 11.8 Å². The Balaban J connectivity index is 1.78. The lowest BCUT2D eigenvalue weighted by atomic mass is 10.1. The maximum atomic E-state index is 12.7. The van der Waals surface area contributed by atoms with Crippen LogP contribution in [0.5, 0.6) is 0 Å². The average molecular weight is 401 g/mol. The third-order valence-electron chi connectivity index (χ3n) is 4.32. The number of carboxylic acids is 1. The summed E-state index contributed by atoms with van der Waals surface area (Å²) in [5, 5.41) is 8.99. The van der Waals surface area contributed by atoms with Crippen molar-refractivity contribution in [2.75, 3.05) is 12.9 Å². The smallest absolute Gasteiger partial charge is 0.412 e. The molecule has 2 aromatic rings. The molecule has 146 valence electrons. The van der Waals surface area contributed by atoms with Crippen molar-refractivity contribution < 1.29 is 29.0 Å². The highest BCUT2D eigenvalue weighted by atomic mass is 32.2. The second-order valence-electron chi connectivity index (χ2n) is 6.10. The summed E-state index contributed by atoms with van der Waals surface area (Å²) in [6.45, 7) is 0.0567. The standard InChI is InChI=1S/C20H19NO6S/c1-26-19(24)15-9-7-14(8-10-15)17-21(16(12-28-17)18(22)23)20(25)27-11-13-5-3-2-4-6-13/h2-10,16-17H,11-12H2,1H3,(H,22,23). The van der Waals surface area contributed by atoms with Crippen LogP contribution in [-0.4, -0.2) is 46.9 Å². The van der Waals surface area contributed by atoms with Crippen LogP contribution in [0.2, 0.25) is 0 Å². The molecule has 8 heteroatoms. The van der Waals surface area contributed by atoms with Crippen LogP contribution < -0.4 is 0 Å². The second-order valence-corrected chi connectivity index (χ2v) is 7.21. The van der Waals surface area contributed by atoms with Crippen molar-refractivity contribution >= 4 is 29.8 Å². The summed E-state index contributed by atoms with van der Waals surface area (Å²) in [5.74, 6) is -1.30. The first-order chi connectivity index (χ1) is 13.5. The molecule has 0 aromatic heterocycles. The van der Waals surface area contributed by atoms with Crippen LogP contribution in [0.25, 0.3) is 0 Å². The molecular weight excluding hydrogens is 382 g/mol. The predicted octanol–water partition coefficient (Wildman–Crippen LogP) is 3.31. The maximum absolute atomic E-state index is 12.7. The van der Waals surface area contributed by atoms with E-state index >= 15 is 0 Å². The topological polar surface area (TPSA) is 93.1 Å². The summed E-state index contributed by atoms with van der Waals surface area (Å²) < 4.78 is 10.0. The Kier molecular flexibility index (Phi) is 6.20. The van der Waals surface area contributed by atoms with Crippen molar-refractivity contribution in [2.45, 2.75) is 18.0 Å². The number of hydrogen-bond acceptors (Lipinski definition) is 6. The number of methoxy groups -OCH3 is 1. The normalized spacial score (nSPS) is 18.5. The molecule has 0 spiro atoms. The highest BCUT2D eigenvalue weighted by Crippen LogP contribution is 2.42. The van der Waals surface area contributed by atoms with Crippen LogP contribution in [0.15, 0.2) is 54.6 Å². The van der Waals surface area contributed by atoms with E-state index in [-0.39, 0.29) is 12.4 Å². The number of carboxylic acid groups (broad SMARTS) is 1. The van der Waals surface area contributed by atoms with Crippen molar-refractivity contribution in [3.8, 4) is 0 Å². The van der Waals surface area contributed by atoms with Crippen molar-refractivity contribution in [1.82, 2.24) is 4.90 Å². The molecule has 1 heterocycles. The van der Waals surface area contributed by atoms with E-state index in [0.717, 1.165) is 5.56 Å². The molecule has 0 aliphatic carbocycles. The van der Waals surface area contributed by atoms with Gasteiger partial charge in [-0.1, -0.05) is 42.5 Å². The van der Waals surface area contributed by atoms with Gasteiger partial charge in [0.1, 0.15) is 18.0 Å². The van der Waals surface area contributed by atoms with E-state index in [1.807, 2.05) is 30.3 Å². The third-order valence-corrected chi connectivity index (χ3v) is 5.64. The van der Waals surface area contributed by atoms with Gasteiger partial charge in [-0.05, 0) is 23.3 Å². The zero-order valence-corrected chi connectivity index (χ0v) is 15.9. The lowest BCUT2D eigenvalue weighted by Gasteiger charge is -2.27. The minimum Gasteiger partial charge on any atom is -0.480 e. The van der Waals surface area contributed by atoms with E-state index in [2.05, 4.69) is 4.74 Å². The molecule has 0 saturated carbocycles. The molecule has 0 radical (unpaired) electrons. The Morgan fingerprint density at radius 1 is 1.11 bits per heavy atom. The number of esters is 1. The molecule has 2 aromatic carbocycles. The van der Waals surface area contributed by atoms with Gasteiger partial charge in [-0.2, -0.15) is 0 Å². The molecule has 2 unspecified atom stereocenters. The van der Waals surface area contributed by atoms with E-state index in [1.165, 1.54) is 23.8 Å². The zero-order valence-electron chi connectivity index (χ0n) is 15.1. The van der Waals surface area contributed by atoms with E-state index in [0.29, 0.717) is 11.1 Å². The second kappa shape index (κ2) is 8.79. The fourth-order valence-corrected chi connectivity index (χ4v) is 4.28. The Morgan fingerprint density at radius 3 is 2.39 bits per heavy atom. The van der Waals surface area contributed by atoms with Gasteiger partial charge in [-0.25, -0.2) is 14.4 Å². The molecule has 1 N–H and O–H groups in total. The van der Waals surface area contributed by atoms with Gasteiger partial charge in [0.05, 0.1) is 12.7 Å². The highest BCUT2D eigenvalue weighted by molar-refractivity contribution is 7.99. The summed E-state index contributed by atoms with van der Waals surface area (Å²) >= 11 is 1.34. The lowest BCUT2D eigenvalue weighted by Crippen LogP contribution is -2.43. The minimum absolute atomic E-state index is 0.0567. The van der Waals surface area contributed by atoms with Gasteiger partial charge in [0.25, 0.3) is 0 Å². The van der Waals surface area contributed by atoms with E-state index in [4.69, 9.17) is 4.74 Å². The molecule has 7 nitrogen and oxygen atoms in total. The molecule has 2 atom stereocenters. The van der Waals surface area contributed by atoms with Gasteiger partial charge in [0.2, 0.25) is 0 Å². The lowest BCUT2D eigenvalue weighted by molar-refractivity contribution is -0.141. The third kappa shape index (κ3) is 4.28. The van der Waals surface area contributed by atoms with Crippen LogP contribution in [0.1, 0.15) is 26.9 Å². The number of carbonyl (C=O) groups excluding carboxylic acids is 2. The van der Waals surface area contributed by atoms with Crippen molar-refractivity contribution in [3.05, 3.63) is 71.3 Å². The summed E-state index contributed by atoms with van der Waals surface area (Å²) in [4.78, 5) is 37.1. The number of thioether (sulfide) groups is 1. The van der Waals surface area contributed by atoms with Gasteiger partial charge in [0.15, 0.2) is 0 Å². The highest BCUT2D eigenvalue weighted by Gasteiger charge is 2.43. The molecule has 1 aliphatic rings. The van der Waals surface area contributed by atoms with Crippen molar-refractivity contribution in [2.24, 2.45) is 0 Å². The average Bonchev–Trinajstić information content (AvgIpc) is 3.18. The molecule has 1 saturated heterocycles. The molecule has 28 heavy (non-hydrogen) atoms. The molecule has 1 amide bonds. The number of rotatable bonds is 5. The Bertz CT molecular complexity index is 855. The number of ether oxygens (including phenoxy) is 2. The van der Waals surface area contributed by atoms with Gasteiger partial charge < -0.3 is 14.6 Å². The first-order valence-electron chi connectivity index (χ1n) is 8.53. The molecule has 1 fully saturated rings. The van der Waals surface area contributed by atoms with E-state index in [9.17, 15) is 19.5 Å². The Hall–Kier alpha value is -3.00. The maximum Gasteiger partial charge on any atom is 0.412 e. The zero-order chi connectivity index (χ0) is 20.1. The van der Waals surface area contributed by atoms with E-state index in [1.54, 1.807) is 24.3 Å². The first-order valence-corrected chi connectivity index (χ1v) is 9.58. The number of aliphatic carboxylic acids is 1. The number of nitrogens with zero attached hydrogens (tertiary/aromatic N) is 1. The number of amides is 1. The van der Waals surface area contributed by atoms with Gasteiger partial charge >= 0.3 is 18.0 Å². The summed E-state index contributed by atoms with van der Waals surface area (Å²) in [6, 6.07) is 14.7. The molecular formula is C20H19NO6S. The fourth-order valence-electron chi connectivity index (χ4n) is 2.87. The van der Waals surface area contributed by atoms with Gasteiger partial charge in [-0.3, -0.25) is 4.90 Å². The number of hydrogen-bond donors (Lipinski definition) is 1. The summed E-state index contributed by atoms with van der Waals surface area (Å²) in [6.07, 6.45) is -0.691. The van der Waals surface area contributed by atoms with Crippen LogP contribution >= 0.6 is 11.8 Å². The van der Waals surface area contributed by atoms with E-state index < -0.39 is 29.4 Å². The predicted molar refractivity (Wildman–Crippen MR) is 103 cm³/mol. The van der Waals surface area contributed by atoms with Crippen molar-refractivity contribution in [3.63, 3.8) is 0 Å². The SMILES string of the molecule is COC(=O)c1ccc(C2SCC(C(=O)O)N2C(=O)OCc2ccccc2)cc1. The van der Waals surface area contributed by atoms with Crippen LogP contribution in [-0.2, 0) is 20.9 Å². The van der Waals surface area contributed by atoms with Crippen LogP contribution in [0.4, 0.5) is 4.79 Å². The Morgan fingerprint density at radius 2 is 1.79 bits per heavy atom. The Labute approximate surface area is 166 Å². The van der Waals surface area contributed by atoms with Crippen LogP contribution in [0, 0.1) is 0 Å². The van der Waals surface area contributed by atoms with Crippen LogP contribution in [0.3, 0.4) is 0 Å². The number of benzene rings is 2. The molecule has 3 rings (SSSR count). The quantitative estimate of drug-likeness (QED) is 0.768. The number of carbonyl (C=O) groups is 3. The van der Waals surface area contributed by atoms with Gasteiger partial charge in [0, 0.05) is 5.75 Å². The largest absolute Gasteiger partial charge is 0.480 e. The minimum atomic E-state index is -1.09. The first kappa shape index (κ1) is 19.8. The fraction of sp³-hybridized carbons (Fsp3) is 0.250. The summed E-state index contributed by atoms with van der Waals surface area (Å²) in [5.41, 5.74) is 1.90. The molecule has 1 aliphatic heterocycles. The monoisotopic (exact) mass is 401 g/mol. The molecule has 0 bridgehead atoms.